The summed E-state index contributed by atoms with van der Waals surface area (Å²) in [5, 5.41) is 11.3. The lowest BCUT2D eigenvalue weighted by Crippen LogP contribution is -1.86. The highest BCUT2D eigenvalue weighted by molar-refractivity contribution is 6.34. The largest absolute Gasteiger partial charge is 0.197 e. The van der Waals surface area contributed by atoms with Crippen LogP contribution in [0.1, 0.15) is 0 Å². The molecule has 0 aliphatic heterocycles. The number of nitrogens with one attached hydrogen (secondary N) is 1. The molecule has 4 heteroatoms. The molecule has 0 saturated carbocycles. The Hall–Kier alpha value is -2.13. The number of hydrogen-bond acceptors (Lipinski definition) is 2. The van der Waals surface area contributed by atoms with Crippen LogP contribution in [-0.4, -0.2) is 15.4 Å². The van der Waals surface area contributed by atoms with Gasteiger partial charge in [-0.3, -0.25) is 0 Å². The van der Waals surface area contributed by atoms with E-state index in [9.17, 15) is 0 Å². The molecule has 3 aromatic rings. The minimum absolute atomic E-state index is 0.710. The first-order chi connectivity index (χ1) is 8.86. The van der Waals surface area contributed by atoms with Crippen LogP contribution in [0.3, 0.4) is 0 Å². The molecule has 0 aliphatic carbocycles. The number of nitrogens with zero attached hydrogens (tertiary/aromatic N) is 2. The van der Waals surface area contributed by atoms with Gasteiger partial charge in [-0.05, 0) is 11.6 Å². The molecular weight excluding hydrogens is 246 g/mol. The Balaban J connectivity index is 2.25. The minimum atomic E-state index is 0.710. The van der Waals surface area contributed by atoms with Gasteiger partial charge in [0.2, 0.25) is 0 Å². The van der Waals surface area contributed by atoms with Gasteiger partial charge < -0.3 is 0 Å². The summed E-state index contributed by atoms with van der Waals surface area (Å²) in [4.78, 5) is 0. The topological polar surface area (TPSA) is 41.6 Å². The van der Waals surface area contributed by atoms with Gasteiger partial charge in [-0.25, -0.2) is 0 Å². The summed E-state index contributed by atoms with van der Waals surface area (Å²) in [5.74, 6) is 0. The maximum atomic E-state index is 6.32. The van der Waals surface area contributed by atoms with Crippen LogP contribution in [0.25, 0.3) is 22.4 Å². The second-order valence-electron chi connectivity index (χ2n) is 3.88. The molecule has 0 spiro atoms. The summed E-state index contributed by atoms with van der Waals surface area (Å²) in [6.07, 6.45) is 1.69. The van der Waals surface area contributed by atoms with Crippen molar-refractivity contribution in [2.45, 2.75) is 0 Å². The molecule has 0 bridgehead atoms. The van der Waals surface area contributed by atoms with E-state index in [0.717, 1.165) is 22.4 Å². The van der Waals surface area contributed by atoms with E-state index in [1.165, 1.54) is 0 Å². The molecule has 0 fully saturated rings. The maximum absolute atomic E-state index is 6.32. The molecule has 88 valence electrons. The van der Waals surface area contributed by atoms with E-state index in [1.807, 2.05) is 48.5 Å². The Bertz CT molecular complexity index is 648. The Morgan fingerprint density at radius 2 is 1.78 bits per heavy atom. The first-order valence-electron chi connectivity index (χ1n) is 5.56. The van der Waals surface area contributed by atoms with E-state index >= 15 is 0 Å². The number of hydrogen-bond donors (Lipinski definition) is 1. The van der Waals surface area contributed by atoms with Gasteiger partial charge in [-0.2, -0.15) is 15.4 Å². The van der Waals surface area contributed by atoms with E-state index in [-0.39, 0.29) is 0 Å². The quantitative estimate of drug-likeness (QED) is 0.757. The fourth-order valence-corrected chi connectivity index (χ4v) is 2.25. The van der Waals surface area contributed by atoms with Gasteiger partial charge in [0.25, 0.3) is 0 Å². The Morgan fingerprint density at radius 1 is 0.944 bits per heavy atom. The highest BCUT2D eigenvalue weighted by Crippen LogP contribution is 2.36. The third-order valence-electron chi connectivity index (χ3n) is 2.77. The third-order valence-corrected chi connectivity index (χ3v) is 3.08. The molecule has 1 N–H and O–H groups in total. The Kier molecular flexibility index (Phi) is 2.82. The van der Waals surface area contributed by atoms with Crippen molar-refractivity contribution in [3.63, 3.8) is 0 Å². The van der Waals surface area contributed by atoms with Gasteiger partial charge in [-0.15, -0.1) is 0 Å². The molecule has 0 saturated heterocycles. The summed E-state index contributed by atoms with van der Waals surface area (Å²) >= 11 is 6.32. The summed E-state index contributed by atoms with van der Waals surface area (Å²) in [5.41, 5.74) is 3.81. The minimum Gasteiger partial charge on any atom is -0.197 e. The van der Waals surface area contributed by atoms with Crippen molar-refractivity contribution in [3.8, 4) is 22.4 Å². The van der Waals surface area contributed by atoms with E-state index < -0.39 is 0 Å². The lowest BCUT2D eigenvalue weighted by Gasteiger charge is -2.09. The molecule has 0 amide bonds. The van der Waals surface area contributed by atoms with Gasteiger partial charge in [-0.1, -0.05) is 54.1 Å². The average Bonchev–Trinajstić information content (AvgIpc) is 2.93. The van der Waals surface area contributed by atoms with Gasteiger partial charge in [0.05, 0.1) is 6.20 Å². The molecule has 1 heterocycles. The number of aromatic amines is 1. The third kappa shape index (κ3) is 1.89. The number of H-pyrrole nitrogens is 1. The summed E-state index contributed by atoms with van der Waals surface area (Å²) in [7, 11) is 0. The number of halogens is 1. The number of benzene rings is 2. The van der Waals surface area contributed by atoms with E-state index in [2.05, 4.69) is 15.4 Å². The first kappa shape index (κ1) is 11.0. The van der Waals surface area contributed by atoms with Crippen LogP contribution < -0.4 is 0 Å². The summed E-state index contributed by atoms with van der Waals surface area (Å²) in [6.45, 7) is 0. The van der Waals surface area contributed by atoms with Crippen molar-refractivity contribution < 1.29 is 0 Å². The van der Waals surface area contributed by atoms with Crippen LogP contribution in [0, 0.1) is 0 Å². The predicted molar refractivity (Wildman–Crippen MR) is 72.3 cm³/mol. The smallest absolute Gasteiger partial charge is 0.113 e. The van der Waals surface area contributed by atoms with Gasteiger partial charge in [0.15, 0.2) is 0 Å². The fraction of sp³-hybridized carbons (Fsp3) is 0. The molecule has 0 radical (unpaired) electrons. The lowest BCUT2D eigenvalue weighted by molar-refractivity contribution is 0.942. The van der Waals surface area contributed by atoms with Gasteiger partial charge in [0.1, 0.15) is 5.69 Å². The highest BCUT2D eigenvalue weighted by atomic mass is 35.5. The molecule has 18 heavy (non-hydrogen) atoms. The fourth-order valence-electron chi connectivity index (χ4n) is 1.97. The van der Waals surface area contributed by atoms with Crippen molar-refractivity contribution in [2.75, 3.05) is 0 Å². The predicted octanol–water partition coefficient (Wildman–Crippen LogP) is 3.79. The zero-order valence-electron chi connectivity index (χ0n) is 9.47. The number of rotatable bonds is 2. The van der Waals surface area contributed by atoms with Gasteiger partial charge in [0, 0.05) is 16.1 Å². The van der Waals surface area contributed by atoms with Crippen LogP contribution in [0.15, 0.2) is 54.7 Å². The zero-order valence-corrected chi connectivity index (χ0v) is 10.2. The van der Waals surface area contributed by atoms with Crippen molar-refractivity contribution >= 4 is 11.6 Å². The molecule has 1 aromatic heterocycles. The highest BCUT2D eigenvalue weighted by Gasteiger charge is 2.12. The van der Waals surface area contributed by atoms with Gasteiger partial charge >= 0.3 is 0 Å². The van der Waals surface area contributed by atoms with E-state index in [0.29, 0.717) is 5.02 Å². The lowest BCUT2D eigenvalue weighted by atomic mass is 9.98. The molecule has 3 rings (SSSR count). The normalized spacial score (nSPS) is 10.5. The van der Waals surface area contributed by atoms with Crippen molar-refractivity contribution in [3.05, 3.63) is 59.8 Å². The summed E-state index contributed by atoms with van der Waals surface area (Å²) < 4.78 is 0. The van der Waals surface area contributed by atoms with Crippen LogP contribution in [0.4, 0.5) is 0 Å². The Morgan fingerprint density at radius 3 is 2.50 bits per heavy atom. The first-order valence-corrected chi connectivity index (χ1v) is 5.94. The van der Waals surface area contributed by atoms with Crippen LogP contribution >= 0.6 is 11.6 Å². The van der Waals surface area contributed by atoms with Crippen LogP contribution in [0.2, 0.25) is 5.02 Å². The molecule has 3 nitrogen and oxygen atoms in total. The second-order valence-corrected chi connectivity index (χ2v) is 4.29. The van der Waals surface area contributed by atoms with Crippen molar-refractivity contribution in [1.29, 1.82) is 0 Å². The molecule has 0 aliphatic rings. The molecular formula is C14H10ClN3. The SMILES string of the molecule is Clc1cccc(-c2cn[nH]n2)c1-c1ccccc1. The Labute approximate surface area is 109 Å². The molecule has 0 atom stereocenters. The van der Waals surface area contributed by atoms with Crippen LogP contribution in [-0.2, 0) is 0 Å². The van der Waals surface area contributed by atoms with Crippen molar-refractivity contribution in [2.24, 2.45) is 0 Å². The second kappa shape index (κ2) is 4.63. The van der Waals surface area contributed by atoms with Crippen LogP contribution in [0.5, 0.6) is 0 Å². The standard InChI is InChI=1S/C14H10ClN3/c15-12-8-4-7-11(13-9-16-18-17-13)14(12)10-5-2-1-3-6-10/h1-9H,(H,16,17,18). The zero-order chi connectivity index (χ0) is 12.4. The van der Waals surface area contributed by atoms with Crippen molar-refractivity contribution in [1.82, 2.24) is 15.4 Å². The average molecular weight is 256 g/mol. The molecule has 0 unspecified atom stereocenters. The monoisotopic (exact) mass is 255 g/mol. The van der Waals surface area contributed by atoms with E-state index in [1.54, 1.807) is 6.20 Å². The summed E-state index contributed by atoms with van der Waals surface area (Å²) in [6, 6.07) is 15.8. The van der Waals surface area contributed by atoms with E-state index in [4.69, 9.17) is 11.6 Å². The number of aromatic nitrogens is 3. The molecule has 2 aromatic carbocycles. The maximum Gasteiger partial charge on any atom is 0.113 e.